The smallest absolute Gasteiger partial charge is 0.422 e. The van der Waals surface area contributed by atoms with Crippen LogP contribution in [0, 0.1) is 6.92 Å². The molecule has 0 aliphatic carbocycles. The highest BCUT2D eigenvalue weighted by Crippen LogP contribution is 2.31. The van der Waals surface area contributed by atoms with Crippen molar-refractivity contribution in [2.45, 2.75) is 19.7 Å². The van der Waals surface area contributed by atoms with Gasteiger partial charge in [0.2, 0.25) is 5.88 Å². The first-order valence-electron chi connectivity index (χ1n) is 10.5. The molecule has 0 fully saturated rings. The van der Waals surface area contributed by atoms with E-state index in [9.17, 15) is 18.0 Å². The van der Waals surface area contributed by atoms with Crippen molar-refractivity contribution in [3.8, 4) is 22.9 Å². The Morgan fingerprint density at radius 1 is 1.11 bits per heavy atom. The van der Waals surface area contributed by atoms with Crippen molar-refractivity contribution in [1.82, 2.24) is 15.1 Å². The molecule has 0 saturated carbocycles. The standard InChI is InChI=1S/C24H25F3N4O4/c1-15-20(16-9-11-18(12-10-16)35-14-24(25,26)27)29-31(3)23(15)34-13-17-7-5-6-8-19(17)21(30-33-4)22(32)28-2/h5-12H,13-14H2,1-4H3,(H,28,32)/b30-21+. The summed E-state index contributed by atoms with van der Waals surface area (Å²) in [6.45, 7) is 0.602. The number of hydrogen-bond acceptors (Lipinski definition) is 6. The minimum absolute atomic E-state index is 0.109. The normalized spacial score (nSPS) is 11.8. The molecule has 0 saturated heterocycles. The molecule has 0 unspecified atom stereocenters. The quantitative estimate of drug-likeness (QED) is 0.362. The van der Waals surface area contributed by atoms with Gasteiger partial charge in [-0.15, -0.1) is 0 Å². The number of likely N-dealkylation sites (N-methyl/N-ethyl adjacent to an activating group) is 1. The van der Waals surface area contributed by atoms with Gasteiger partial charge in [-0.3, -0.25) is 4.79 Å². The summed E-state index contributed by atoms with van der Waals surface area (Å²) in [4.78, 5) is 17.1. The van der Waals surface area contributed by atoms with Crippen molar-refractivity contribution in [2.75, 3.05) is 20.8 Å². The van der Waals surface area contributed by atoms with Gasteiger partial charge in [-0.2, -0.15) is 18.3 Å². The second-order valence-corrected chi connectivity index (χ2v) is 7.48. The maximum absolute atomic E-state index is 12.4. The molecule has 1 amide bonds. The Labute approximate surface area is 200 Å². The highest BCUT2D eigenvalue weighted by molar-refractivity contribution is 6.45. The van der Waals surface area contributed by atoms with Crippen molar-refractivity contribution in [3.05, 3.63) is 65.2 Å². The van der Waals surface area contributed by atoms with Gasteiger partial charge < -0.3 is 19.6 Å². The van der Waals surface area contributed by atoms with Gasteiger partial charge in [-0.05, 0) is 36.8 Å². The second-order valence-electron chi connectivity index (χ2n) is 7.48. The van der Waals surface area contributed by atoms with Gasteiger partial charge in [0, 0.05) is 30.8 Å². The molecule has 3 rings (SSSR count). The average molecular weight is 490 g/mol. The van der Waals surface area contributed by atoms with Gasteiger partial charge in [0.25, 0.3) is 5.91 Å². The van der Waals surface area contributed by atoms with Crippen LogP contribution in [0.5, 0.6) is 11.6 Å². The van der Waals surface area contributed by atoms with E-state index in [1.807, 2.05) is 19.1 Å². The maximum Gasteiger partial charge on any atom is 0.422 e. The number of alkyl halides is 3. The molecular weight excluding hydrogens is 465 g/mol. The number of carbonyl (C=O) groups excluding carboxylic acids is 1. The number of amides is 1. The van der Waals surface area contributed by atoms with E-state index in [1.54, 1.807) is 36.0 Å². The molecule has 0 radical (unpaired) electrons. The Morgan fingerprint density at radius 2 is 1.80 bits per heavy atom. The van der Waals surface area contributed by atoms with Crippen LogP contribution >= 0.6 is 0 Å². The lowest BCUT2D eigenvalue weighted by Gasteiger charge is -2.12. The van der Waals surface area contributed by atoms with E-state index in [0.29, 0.717) is 28.3 Å². The van der Waals surface area contributed by atoms with Gasteiger partial charge in [-0.25, -0.2) is 4.68 Å². The molecule has 2 aromatic carbocycles. The fourth-order valence-corrected chi connectivity index (χ4v) is 3.41. The monoisotopic (exact) mass is 490 g/mol. The Hall–Kier alpha value is -4.02. The first-order valence-corrected chi connectivity index (χ1v) is 10.5. The number of ether oxygens (including phenoxy) is 2. The van der Waals surface area contributed by atoms with E-state index in [4.69, 9.17) is 14.3 Å². The zero-order valence-electron chi connectivity index (χ0n) is 19.6. The molecule has 8 nitrogen and oxygen atoms in total. The summed E-state index contributed by atoms with van der Waals surface area (Å²) in [7, 11) is 4.58. The number of hydrogen-bond donors (Lipinski definition) is 1. The van der Waals surface area contributed by atoms with E-state index < -0.39 is 18.7 Å². The SMILES string of the molecule is CNC(=O)/C(=N/OC)c1ccccc1COc1c(C)c(-c2ccc(OCC(F)(F)F)cc2)nn1C. The summed E-state index contributed by atoms with van der Waals surface area (Å²) in [5.74, 6) is 0.204. The van der Waals surface area contributed by atoms with E-state index in [-0.39, 0.29) is 18.1 Å². The van der Waals surface area contributed by atoms with Gasteiger partial charge >= 0.3 is 6.18 Å². The Morgan fingerprint density at radius 3 is 2.43 bits per heavy atom. The number of aryl methyl sites for hydroxylation is 1. The van der Waals surface area contributed by atoms with Crippen LogP contribution in [0.25, 0.3) is 11.3 Å². The number of benzene rings is 2. The summed E-state index contributed by atoms with van der Waals surface area (Å²) in [6, 6.07) is 13.4. The van der Waals surface area contributed by atoms with Crippen molar-refractivity contribution >= 4 is 11.6 Å². The van der Waals surface area contributed by atoms with E-state index in [0.717, 1.165) is 5.56 Å². The van der Waals surface area contributed by atoms with Crippen molar-refractivity contribution in [2.24, 2.45) is 12.2 Å². The number of nitrogens with zero attached hydrogens (tertiary/aromatic N) is 3. The summed E-state index contributed by atoms with van der Waals surface area (Å²) < 4.78 is 49.5. The van der Waals surface area contributed by atoms with Gasteiger partial charge in [0.1, 0.15) is 19.5 Å². The van der Waals surface area contributed by atoms with Crippen LogP contribution in [0.2, 0.25) is 0 Å². The number of aromatic nitrogens is 2. The summed E-state index contributed by atoms with van der Waals surface area (Å²) >= 11 is 0. The van der Waals surface area contributed by atoms with E-state index in [2.05, 4.69) is 15.6 Å². The highest BCUT2D eigenvalue weighted by atomic mass is 19.4. The molecule has 186 valence electrons. The predicted octanol–water partition coefficient (Wildman–Crippen LogP) is 4.01. The third-order valence-corrected chi connectivity index (χ3v) is 5.01. The van der Waals surface area contributed by atoms with Gasteiger partial charge in [0.15, 0.2) is 12.3 Å². The third kappa shape index (κ3) is 6.31. The average Bonchev–Trinajstić information content (AvgIpc) is 3.12. The lowest BCUT2D eigenvalue weighted by molar-refractivity contribution is -0.153. The number of carbonyl (C=O) groups is 1. The fourth-order valence-electron chi connectivity index (χ4n) is 3.41. The first kappa shape index (κ1) is 25.6. The number of oxime groups is 1. The lowest BCUT2D eigenvalue weighted by atomic mass is 10.0. The van der Waals surface area contributed by atoms with Gasteiger partial charge in [0.05, 0.1) is 5.69 Å². The number of rotatable bonds is 9. The summed E-state index contributed by atoms with van der Waals surface area (Å²) in [5, 5.41) is 10.9. The lowest BCUT2D eigenvalue weighted by Crippen LogP contribution is -2.29. The van der Waals surface area contributed by atoms with Crippen molar-refractivity contribution in [3.63, 3.8) is 0 Å². The number of nitrogens with one attached hydrogen (secondary N) is 1. The van der Waals surface area contributed by atoms with Crippen LogP contribution in [-0.2, 0) is 23.3 Å². The van der Waals surface area contributed by atoms with Crippen molar-refractivity contribution < 1.29 is 32.3 Å². The third-order valence-electron chi connectivity index (χ3n) is 5.01. The maximum atomic E-state index is 12.4. The second kappa shape index (κ2) is 10.9. The minimum Gasteiger partial charge on any atom is -0.484 e. The molecule has 0 atom stereocenters. The Balaban J connectivity index is 1.81. The zero-order valence-corrected chi connectivity index (χ0v) is 19.6. The largest absolute Gasteiger partial charge is 0.484 e. The molecule has 3 aromatic rings. The molecule has 0 aliphatic heterocycles. The molecule has 1 aromatic heterocycles. The van der Waals surface area contributed by atoms with Crippen LogP contribution in [0.1, 0.15) is 16.7 Å². The summed E-state index contributed by atoms with van der Waals surface area (Å²) in [6.07, 6.45) is -4.41. The van der Waals surface area contributed by atoms with E-state index >= 15 is 0 Å². The molecular formula is C24H25F3N4O4. The molecule has 0 aliphatic rings. The van der Waals surface area contributed by atoms with Gasteiger partial charge in [-0.1, -0.05) is 29.4 Å². The first-order chi connectivity index (χ1) is 16.6. The molecule has 1 heterocycles. The fraction of sp³-hybridized carbons (Fsp3) is 0.292. The zero-order chi connectivity index (χ0) is 25.6. The molecule has 0 bridgehead atoms. The molecule has 1 N–H and O–H groups in total. The Kier molecular flexibility index (Phi) is 8.00. The van der Waals surface area contributed by atoms with E-state index in [1.165, 1.54) is 26.3 Å². The minimum atomic E-state index is -4.41. The molecule has 0 spiro atoms. The summed E-state index contributed by atoms with van der Waals surface area (Å²) in [5.41, 5.74) is 3.44. The van der Waals surface area contributed by atoms with Crippen LogP contribution in [-0.4, -0.2) is 48.3 Å². The predicted molar refractivity (Wildman–Crippen MR) is 123 cm³/mol. The topological polar surface area (TPSA) is 87.0 Å². The van der Waals surface area contributed by atoms with Crippen LogP contribution in [0.4, 0.5) is 13.2 Å². The molecule has 35 heavy (non-hydrogen) atoms. The molecule has 11 heteroatoms. The van der Waals surface area contributed by atoms with Crippen LogP contribution in [0.3, 0.4) is 0 Å². The van der Waals surface area contributed by atoms with Crippen LogP contribution < -0.4 is 14.8 Å². The Bertz CT molecular complexity index is 1200. The van der Waals surface area contributed by atoms with Crippen molar-refractivity contribution in [1.29, 1.82) is 0 Å². The van der Waals surface area contributed by atoms with Crippen LogP contribution in [0.15, 0.2) is 53.7 Å². The number of halogens is 3. The highest BCUT2D eigenvalue weighted by Gasteiger charge is 2.28.